The smallest absolute Gasteiger partial charge is 0.267 e. The second kappa shape index (κ2) is 7.92. The zero-order chi connectivity index (χ0) is 18.6. The highest BCUT2D eigenvalue weighted by Crippen LogP contribution is 2.29. The Morgan fingerprint density at radius 3 is 2.89 bits per heavy atom. The Balaban J connectivity index is 1.40. The lowest BCUT2D eigenvalue weighted by molar-refractivity contribution is 0.179. The first kappa shape index (κ1) is 17.7. The Bertz CT molecular complexity index is 930. The van der Waals surface area contributed by atoms with Gasteiger partial charge in [-0.2, -0.15) is 9.47 Å². The number of anilines is 1. The van der Waals surface area contributed by atoms with Crippen LogP contribution in [0.3, 0.4) is 0 Å². The van der Waals surface area contributed by atoms with E-state index in [9.17, 15) is 4.79 Å². The molecule has 10 nitrogen and oxygen atoms in total. The van der Waals surface area contributed by atoms with Crippen LogP contribution in [0.15, 0.2) is 29.6 Å². The number of ether oxygens (including phenoxy) is 1. The van der Waals surface area contributed by atoms with Gasteiger partial charge in [0.2, 0.25) is 5.13 Å². The number of methoxy groups -OCH3 is 1. The van der Waals surface area contributed by atoms with Gasteiger partial charge in [0.05, 0.1) is 6.04 Å². The minimum absolute atomic E-state index is 0.0810. The number of hydrogen-bond donors (Lipinski definition) is 1. The largest absolute Gasteiger partial charge is 0.377 e. The van der Waals surface area contributed by atoms with Crippen LogP contribution in [0.2, 0.25) is 0 Å². The minimum atomic E-state index is -0.0939. The van der Waals surface area contributed by atoms with Crippen molar-refractivity contribution in [3.05, 3.63) is 41.0 Å². The van der Waals surface area contributed by atoms with E-state index in [0.29, 0.717) is 24.3 Å². The summed E-state index contributed by atoms with van der Waals surface area (Å²) in [6.45, 7) is 0.418. The van der Waals surface area contributed by atoms with Gasteiger partial charge in [0, 0.05) is 30.8 Å². The lowest BCUT2D eigenvalue weighted by atomic mass is 9.91. The molecule has 142 valence electrons. The Kier molecular flexibility index (Phi) is 5.21. The van der Waals surface area contributed by atoms with Gasteiger partial charge in [0.25, 0.3) is 5.56 Å². The lowest BCUT2D eigenvalue weighted by Gasteiger charge is -2.29. The van der Waals surface area contributed by atoms with Crippen molar-refractivity contribution in [2.45, 2.75) is 44.4 Å². The standard InChI is InChI=1S/C16H20N8O2S/c1-26-8-13-20-16(27-22-13)19-11-2-4-12(5-3-11)24-15(25)7-6-14(21-24)23-10-17-9-18-23/h6-7,9-12H,2-5,8H2,1H3,(H,19,20,22). The molecule has 0 spiro atoms. The van der Waals surface area contributed by atoms with Gasteiger partial charge in [-0.3, -0.25) is 4.79 Å². The van der Waals surface area contributed by atoms with E-state index in [1.807, 2.05) is 0 Å². The predicted octanol–water partition coefficient (Wildman–Crippen LogP) is 1.42. The fourth-order valence-electron chi connectivity index (χ4n) is 3.27. The van der Waals surface area contributed by atoms with Crippen molar-refractivity contribution in [2.75, 3.05) is 12.4 Å². The molecule has 0 amide bonds. The molecule has 0 atom stereocenters. The fraction of sp³-hybridized carbons (Fsp3) is 0.500. The highest BCUT2D eigenvalue weighted by atomic mass is 32.1. The molecule has 0 saturated heterocycles. The minimum Gasteiger partial charge on any atom is -0.377 e. The average Bonchev–Trinajstić information content (AvgIpc) is 3.36. The van der Waals surface area contributed by atoms with E-state index in [0.717, 1.165) is 30.8 Å². The van der Waals surface area contributed by atoms with Crippen molar-refractivity contribution < 1.29 is 4.74 Å². The number of nitrogens with one attached hydrogen (secondary N) is 1. The van der Waals surface area contributed by atoms with Crippen molar-refractivity contribution in [3.63, 3.8) is 0 Å². The summed E-state index contributed by atoms with van der Waals surface area (Å²) in [5.74, 6) is 1.28. The van der Waals surface area contributed by atoms with Gasteiger partial charge in [-0.05, 0) is 31.7 Å². The molecular weight excluding hydrogens is 368 g/mol. The van der Waals surface area contributed by atoms with Gasteiger partial charge in [-0.15, -0.1) is 5.10 Å². The number of hydrogen-bond acceptors (Lipinski definition) is 9. The third kappa shape index (κ3) is 4.03. The first-order valence-corrected chi connectivity index (χ1v) is 9.53. The monoisotopic (exact) mass is 388 g/mol. The first-order chi connectivity index (χ1) is 13.2. The van der Waals surface area contributed by atoms with E-state index in [2.05, 4.69) is 29.9 Å². The van der Waals surface area contributed by atoms with Crippen molar-refractivity contribution >= 4 is 16.7 Å². The molecule has 0 unspecified atom stereocenters. The molecule has 0 aliphatic heterocycles. The molecule has 3 aromatic rings. The summed E-state index contributed by atoms with van der Waals surface area (Å²) in [6.07, 6.45) is 6.62. The van der Waals surface area contributed by atoms with E-state index in [1.54, 1.807) is 28.9 Å². The van der Waals surface area contributed by atoms with Crippen LogP contribution in [0.25, 0.3) is 5.82 Å². The molecule has 0 bridgehead atoms. The van der Waals surface area contributed by atoms with Crippen LogP contribution in [-0.4, -0.2) is 47.1 Å². The summed E-state index contributed by atoms with van der Waals surface area (Å²) in [7, 11) is 1.63. The molecule has 0 radical (unpaired) electrons. The molecule has 3 heterocycles. The fourth-order valence-corrected chi connectivity index (χ4v) is 3.92. The van der Waals surface area contributed by atoms with Crippen molar-refractivity contribution in [2.24, 2.45) is 0 Å². The lowest BCUT2D eigenvalue weighted by Crippen LogP contribution is -2.33. The highest BCUT2D eigenvalue weighted by Gasteiger charge is 2.24. The maximum Gasteiger partial charge on any atom is 0.267 e. The number of aromatic nitrogens is 7. The van der Waals surface area contributed by atoms with Gasteiger partial charge in [-0.25, -0.2) is 19.3 Å². The van der Waals surface area contributed by atoms with E-state index in [4.69, 9.17) is 4.74 Å². The maximum absolute atomic E-state index is 12.3. The number of nitrogens with zero attached hydrogens (tertiary/aromatic N) is 7. The number of rotatable bonds is 6. The Morgan fingerprint density at radius 1 is 1.30 bits per heavy atom. The van der Waals surface area contributed by atoms with Gasteiger partial charge < -0.3 is 10.1 Å². The maximum atomic E-state index is 12.3. The van der Waals surface area contributed by atoms with Gasteiger partial charge in [0.1, 0.15) is 19.3 Å². The second-order valence-electron chi connectivity index (χ2n) is 6.41. The molecule has 4 rings (SSSR count). The second-order valence-corrected chi connectivity index (χ2v) is 7.16. The molecule has 27 heavy (non-hydrogen) atoms. The van der Waals surface area contributed by atoms with Crippen LogP contribution in [0, 0.1) is 0 Å². The third-order valence-corrected chi connectivity index (χ3v) is 5.26. The summed E-state index contributed by atoms with van der Waals surface area (Å²) in [4.78, 5) is 20.6. The van der Waals surface area contributed by atoms with Crippen molar-refractivity contribution in [1.82, 2.24) is 33.9 Å². The Morgan fingerprint density at radius 2 is 2.15 bits per heavy atom. The zero-order valence-corrected chi connectivity index (χ0v) is 15.7. The SMILES string of the molecule is COCc1nsc(NC2CCC(n3nc(-n4cncn4)ccc3=O)CC2)n1. The Labute approximate surface area is 159 Å². The van der Waals surface area contributed by atoms with Crippen LogP contribution in [-0.2, 0) is 11.3 Å². The summed E-state index contributed by atoms with van der Waals surface area (Å²) in [5.41, 5.74) is -0.0939. The summed E-state index contributed by atoms with van der Waals surface area (Å²) >= 11 is 1.35. The average molecular weight is 388 g/mol. The van der Waals surface area contributed by atoms with Crippen molar-refractivity contribution in [3.8, 4) is 5.82 Å². The Hall–Kier alpha value is -2.66. The zero-order valence-electron chi connectivity index (χ0n) is 14.9. The van der Waals surface area contributed by atoms with E-state index in [1.165, 1.54) is 23.9 Å². The van der Waals surface area contributed by atoms with Gasteiger partial charge in [-0.1, -0.05) is 0 Å². The van der Waals surface area contributed by atoms with Crippen LogP contribution in [0.5, 0.6) is 0 Å². The van der Waals surface area contributed by atoms with Crippen LogP contribution in [0.1, 0.15) is 37.5 Å². The summed E-state index contributed by atoms with van der Waals surface area (Å²) < 4.78 is 12.4. The van der Waals surface area contributed by atoms with Crippen molar-refractivity contribution in [1.29, 1.82) is 0 Å². The molecule has 1 aliphatic carbocycles. The summed E-state index contributed by atoms with van der Waals surface area (Å²) in [6, 6.07) is 3.59. The highest BCUT2D eigenvalue weighted by molar-refractivity contribution is 7.09. The molecule has 1 aliphatic rings. The quantitative estimate of drug-likeness (QED) is 0.675. The summed E-state index contributed by atoms with van der Waals surface area (Å²) in [5, 5.41) is 12.8. The molecule has 0 aromatic carbocycles. The first-order valence-electron chi connectivity index (χ1n) is 8.76. The predicted molar refractivity (Wildman–Crippen MR) is 99.0 cm³/mol. The van der Waals surface area contributed by atoms with Crippen LogP contribution < -0.4 is 10.9 Å². The van der Waals surface area contributed by atoms with Gasteiger partial charge >= 0.3 is 0 Å². The molecule has 1 fully saturated rings. The van der Waals surface area contributed by atoms with Crippen LogP contribution >= 0.6 is 11.5 Å². The van der Waals surface area contributed by atoms with E-state index >= 15 is 0 Å². The topological polar surface area (TPSA) is 113 Å². The van der Waals surface area contributed by atoms with E-state index in [-0.39, 0.29) is 11.6 Å². The normalized spacial score (nSPS) is 19.9. The van der Waals surface area contributed by atoms with E-state index < -0.39 is 0 Å². The molecule has 11 heteroatoms. The van der Waals surface area contributed by atoms with Gasteiger partial charge in [0.15, 0.2) is 11.6 Å². The molecule has 1 N–H and O–H groups in total. The van der Waals surface area contributed by atoms with Crippen LogP contribution in [0.4, 0.5) is 5.13 Å². The molecular formula is C16H20N8O2S. The molecule has 3 aromatic heterocycles. The molecule has 1 saturated carbocycles. The third-order valence-electron chi connectivity index (χ3n) is 4.58.